The summed E-state index contributed by atoms with van der Waals surface area (Å²) in [6, 6.07) is 13.7. The highest BCUT2D eigenvalue weighted by Crippen LogP contribution is 2.30. The zero-order chi connectivity index (χ0) is 20.1. The number of amides is 1. The van der Waals surface area contributed by atoms with Gasteiger partial charge in [0.2, 0.25) is 11.1 Å². The van der Waals surface area contributed by atoms with Crippen LogP contribution in [0.2, 0.25) is 0 Å². The minimum atomic E-state index is -0.0636. The summed E-state index contributed by atoms with van der Waals surface area (Å²) in [5.41, 5.74) is 3.08. The zero-order valence-corrected chi connectivity index (χ0v) is 16.8. The van der Waals surface area contributed by atoms with Crippen LogP contribution >= 0.6 is 11.8 Å². The molecule has 0 saturated carbocycles. The molecule has 29 heavy (non-hydrogen) atoms. The molecule has 1 N–H and O–H groups in total. The highest BCUT2D eigenvalue weighted by molar-refractivity contribution is 7.99. The van der Waals surface area contributed by atoms with Crippen LogP contribution in [0.3, 0.4) is 0 Å². The number of aromatic nitrogens is 4. The molecule has 3 aromatic rings. The van der Waals surface area contributed by atoms with Crippen LogP contribution in [0.4, 0.5) is 0 Å². The normalized spacial score (nSPS) is 12.6. The van der Waals surface area contributed by atoms with Gasteiger partial charge in [0.1, 0.15) is 13.2 Å². The number of rotatable bonds is 7. The maximum Gasteiger partial charge on any atom is 0.230 e. The summed E-state index contributed by atoms with van der Waals surface area (Å²) in [7, 11) is 0. The molecule has 2 aromatic carbocycles. The van der Waals surface area contributed by atoms with Gasteiger partial charge in [-0.3, -0.25) is 4.79 Å². The molecule has 0 radical (unpaired) electrons. The molecular weight excluding hydrogens is 390 g/mol. The van der Waals surface area contributed by atoms with Gasteiger partial charge in [-0.2, -0.15) is 4.68 Å². The Morgan fingerprint density at radius 2 is 2.03 bits per heavy atom. The Hall–Kier alpha value is -3.07. The van der Waals surface area contributed by atoms with Crippen LogP contribution in [0.5, 0.6) is 11.5 Å². The Bertz CT molecular complexity index is 1010. The van der Waals surface area contributed by atoms with Gasteiger partial charge in [-0.1, -0.05) is 30.0 Å². The van der Waals surface area contributed by atoms with Gasteiger partial charge in [0.25, 0.3) is 0 Å². The first-order valence-corrected chi connectivity index (χ1v) is 10.3. The summed E-state index contributed by atoms with van der Waals surface area (Å²) in [6.07, 6.45) is 0.716. The number of nitrogens with zero attached hydrogens (tertiary/aromatic N) is 4. The van der Waals surface area contributed by atoms with E-state index in [0.717, 1.165) is 28.3 Å². The first-order chi connectivity index (χ1) is 14.2. The summed E-state index contributed by atoms with van der Waals surface area (Å²) in [5, 5.41) is 15.3. The molecule has 0 bridgehead atoms. The SMILES string of the molecule is Cc1cccc(-n2nnnc2SCC(=O)NCCc2ccc3c(c2)OCCO3)c1. The third-order valence-electron chi connectivity index (χ3n) is 4.36. The number of nitrogens with one attached hydrogen (secondary N) is 1. The third kappa shape index (κ3) is 4.86. The van der Waals surface area contributed by atoms with E-state index in [4.69, 9.17) is 9.47 Å². The lowest BCUT2D eigenvalue weighted by atomic mass is 10.1. The second kappa shape index (κ2) is 8.95. The van der Waals surface area contributed by atoms with Crippen molar-refractivity contribution in [3.05, 3.63) is 53.6 Å². The Kier molecular flexibility index (Phi) is 5.95. The number of aryl methyl sites for hydroxylation is 1. The minimum Gasteiger partial charge on any atom is -0.486 e. The molecule has 0 spiro atoms. The van der Waals surface area contributed by atoms with Crippen LogP contribution in [-0.4, -0.2) is 51.6 Å². The van der Waals surface area contributed by atoms with Gasteiger partial charge in [-0.25, -0.2) is 0 Å². The van der Waals surface area contributed by atoms with E-state index in [-0.39, 0.29) is 11.7 Å². The van der Waals surface area contributed by atoms with Crippen LogP contribution in [-0.2, 0) is 11.2 Å². The van der Waals surface area contributed by atoms with E-state index in [1.807, 2.05) is 49.4 Å². The van der Waals surface area contributed by atoms with Crippen LogP contribution in [0.15, 0.2) is 47.6 Å². The predicted octanol–water partition coefficient (Wildman–Crippen LogP) is 2.19. The fraction of sp³-hybridized carbons (Fsp3) is 0.300. The second-order valence-electron chi connectivity index (χ2n) is 6.58. The Labute approximate surface area is 172 Å². The molecule has 8 nitrogen and oxygen atoms in total. The van der Waals surface area contributed by atoms with Crippen molar-refractivity contribution in [3.8, 4) is 17.2 Å². The molecule has 0 saturated heterocycles. The van der Waals surface area contributed by atoms with Crippen LogP contribution in [0, 0.1) is 6.92 Å². The van der Waals surface area contributed by atoms with E-state index in [2.05, 4.69) is 20.8 Å². The van der Waals surface area contributed by atoms with Crippen molar-refractivity contribution in [2.45, 2.75) is 18.5 Å². The van der Waals surface area contributed by atoms with Gasteiger partial charge >= 0.3 is 0 Å². The molecule has 1 aromatic heterocycles. The van der Waals surface area contributed by atoms with Crippen molar-refractivity contribution in [1.29, 1.82) is 0 Å². The highest BCUT2D eigenvalue weighted by atomic mass is 32.2. The lowest BCUT2D eigenvalue weighted by molar-refractivity contribution is -0.118. The van der Waals surface area contributed by atoms with E-state index in [1.54, 1.807) is 4.68 Å². The van der Waals surface area contributed by atoms with Crippen molar-refractivity contribution in [3.63, 3.8) is 0 Å². The van der Waals surface area contributed by atoms with E-state index < -0.39 is 0 Å². The Morgan fingerprint density at radius 3 is 2.90 bits per heavy atom. The molecule has 0 atom stereocenters. The number of carbonyl (C=O) groups is 1. The minimum absolute atomic E-state index is 0.0636. The molecule has 2 heterocycles. The van der Waals surface area contributed by atoms with Crippen LogP contribution < -0.4 is 14.8 Å². The highest BCUT2D eigenvalue weighted by Gasteiger charge is 2.13. The largest absolute Gasteiger partial charge is 0.486 e. The molecule has 0 fully saturated rings. The standard InChI is InChI=1S/C20H21N5O3S/c1-14-3-2-4-16(11-14)25-20(22-23-24-25)29-13-19(26)21-8-7-15-5-6-17-18(12-15)28-10-9-27-17/h2-6,11-12H,7-10,13H2,1H3,(H,21,26). The van der Waals surface area contributed by atoms with Gasteiger partial charge in [-0.05, 0) is 59.2 Å². The predicted molar refractivity (Wildman–Crippen MR) is 109 cm³/mol. The molecule has 4 rings (SSSR count). The van der Waals surface area contributed by atoms with Crippen molar-refractivity contribution in [2.24, 2.45) is 0 Å². The summed E-state index contributed by atoms with van der Waals surface area (Å²) < 4.78 is 12.7. The van der Waals surface area contributed by atoms with Gasteiger partial charge in [0.15, 0.2) is 11.5 Å². The van der Waals surface area contributed by atoms with E-state index in [1.165, 1.54) is 11.8 Å². The van der Waals surface area contributed by atoms with E-state index in [0.29, 0.717) is 31.3 Å². The topological polar surface area (TPSA) is 91.2 Å². The van der Waals surface area contributed by atoms with E-state index in [9.17, 15) is 4.79 Å². The van der Waals surface area contributed by atoms with Crippen molar-refractivity contribution < 1.29 is 14.3 Å². The number of benzene rings is 2. The third-order valence-corrected chi connectivity index (χ3v) is 5.28. The van der Waals surface area contributed by atoms with E-state index >= 15 is 0 Å². The molecular formula is C20H21N5O3S. The van der Waals surface area contributed by atoms with Gasteiger partial charge in [0.05, 0.1) is 11.4 Å². The first-order valence-electron chi connectivity index (χ1n) is 9.32. The number of thioether (sulfide) groups is 1. The quantitative estimate of drug-likeness (QED) is 0.596. The van der Waals surface area contributed by atoms with Gasteiger partial charge in [0, 0.05) is 6.54 Å². The average Bonchev–Trinajstić information content (AvgIpc) is 3.21. The molecule has 150 valence electrons. The lowest BCUT2D eigenvalue weighted by Gasteiger charge is -2.18. The molecule has 0 unspecified atom stereocenters. The van der Waals surface area contributed by atoms with Crippen molar-refractivity contribution in [2.75, 3.05) is 25.5 Å². The second-order valence-corrected chi connectivity index (χ2v) is 7.52. The number of hydrogen-bond acceptors (Lipinski definition) is 7. The number of tetrazole rings is 1. The molecule has 0 aliphatic carbocycles. The maximum atomic E-state index is 12.2. The summed E-state index contributed by atoms with van der Waals surface area (Å²) in [6.45, 7) is 3.69. The number of hydrogen-bond donors (Lipinski definition) is 1. The monoisotopic (exact) mass is 411 g/mol. The number of fused-ring (bicyclic) bond motifs is 1. The molecule has 1 aliphatic heterocycles. The fourth-order valence-corrected chi connectivity index (χ4v) is 3.68. The Balaban J connectivity index is 1.26. The lowest BCUT2D eigenvalue weighted by Crippen LogP contribution is -2.27. The van der Waals surface area contributed by atoms with Crippen LogP contribution in [0.25, 0.3) is 5.69 Å². The average molecular weight is 411 g/mol. The Morgan fingerprint density at radius 1 is 1.17 bits per heavy atom. The molecule has 9 heteroatoms. The summed E-state index contributed by atoms with van der Waals surface area (Å²) in [5.74, 6) is 1.71. The number of ether oxygens (including phenoxy) is 2. The van der Waals surface area contributed by atoms with Gasteiger partial charge in [-0.15, -0.1) is 5.10 Å². The molecule has 1 aliphatic rings. The smallest absolute Gasteiger partial charge is 0.230 e. The summed E-state index contributed by atoms with van der Waals surface area (Å²) >= 11 is 1.31. The fourth-order valence-electron chi connectivity index (χ4n) is 2.96. The maximum absolute atomic E-state index is 12.2. The first kappa shape index (κ1) is 19.3. The molecule has 1 amide bonds. The zero-order valence-electron chi connectivity index (χ0n) is 16.0. The van der Waals surface area contributed by atoms with Crippen LogP contribution in [0.1, 0.15) is 11.1 Å². The summed E-state index contributed by atoms with van der Waals surface area (Å²) in [4.78, 5) is 12.2. The number of carbonyl (C=O) groups excluding carboxylic acids is 1. The van der Waals surface area contributed by atoms with Crippen molar-refractivity contribution >= 4 is 17.7 Å². The van der Waals surface area contributed by atoms with Gasteiger partial charge < -0.3 is 14.8 Å². The van der Waals surface area contributed by atoms with Crippen molar-refractivity contribution in [1.82, 2.24) is 25.5 Å².